The standard InChI is InChI=1S/C12H14FN.CH2O/c1-7(2)10-5-4-9-6-8(3)14-12(9)11(10)13;1-2/h4-7,14H,1-3H3;1H2. The second-order valence-electron chi connectivity index (χ2n) is 4.04. The van der Waals surface area contributed by atoms with Gasteiger partial charge in [-0.1, -0.05) is 26.0 Å². The molecule has 0 atom stereocenters. The molecule has 1 N–H and O–H groups in total. The van der Waals surface area contributed by atoms with Crippen molar-refractivity contribution < 1.29 is 9.18 Å². The summed E-state index contributed by atoms with van der Waals surface area (Å²) in [7, 11) is 0. The van der Waals surface area contributed by atoms with Crippen LogP contribution in [0.4, 0.5) is 4.39 Å². The van der Waals surface area contributed by atoms with Crippen LogP contribution in [0.3, 0.4) is 0 Å². The summed E-state index contributed by atoms with van der Waals surface area (Å²) >= 11 is 0. The highest BCUT2D eigenvalue weighted by molar-refractivity contribution is 5.81. The van der Waals surface area contributed by atoms with Gasteiger partial charge in [0.1, 0.15) is 6.79 Å². The van der Waals surface area contributed by atoms with Crippen molar-refractivity contribution in [1.82, 2.24) is 4.98 Å². The predicted octanol–water partition coefficient (Wildman–Crippen LogP) is 3.55. The average Bonchev–Trinajstić information content (AvgIpc) is 2.62. The molecule has 0 spiro atoms. The lowest BCUT2D eigenvalue weighted by atomic mass is 10.0. The Kier molecular flexibility index (Phi) is 3.82. The highest BCUT2D eigenvalue weighted by Gasteiger charge is 2.11. The van der Waals surface area contributed by atoms with E-state index >= 15 is 0 Å². The number of hydrogen-bond acceptors (Lipinski definition) is 1. The molecule has 2 aromatic rings. The molecule has 1 aromatic heterocycles. The van der Waals surface area contributed by atoms with Gasteiger partial charge in [0.25, 0.3) is 0 Å². The van der Waals surface area contributed by atoms with Crippen LogP contribution in [0.15, 0.2) is 18.2 Å². The molecule has 0 amide bonds. The van der Waals surface area contributed by atoms with Crippen LogP contribution in [0.5, 0.6) is 0 Å². The number of aryl methyl sites for hydroxylation is 1. The number of carbonyl (C=O) groups excluding carboxylic acids is 1. The van der Waals surface area contributed by atoms with E-state index in [-0.39, 0.29) is 11.7 Å². The van der Waals surface area contributed by atoms with Crippen LogP contribution >= 0.6 is 0 Å². The molecule has 0 aliphatic rings. The van der Waals surface area contributed by atoms with Crippen molar-refractivity contribution in [2.75, 3.05) is 0 Å². The van der Waals surface area contributed by atoms with E-state index in [4.69, 9.17) is 4.79 Å². The number of fused-ring (bicyclic) bond motifs is 1. The Hall–Kier alpha value is -1.64. The van der Waals surface area contributed by atoms with Gasteiger partial charge in [-0.25, -0.2) is 4.39 Å². The van der Waals surface area contributed by atoms with Crippen molar-refractivity contribution in [3.8, 4) is 0 Å². The van der Waals surface area contributed by atoms with E-state index in [0.29, 0.717) is 5.52 Å². The third-order valence-corrected chi connectivity index (χ3v) is 2.52. The molecule has 0 radical (unpaired) electrons. The molecule has 0 fully saturated rings. The van der Waals surface area contributed by atoms with Crippen LogP contribution in [0.25, 0.3) is 10.9 Å². The highest BCUT2D eigenvalue weighted by atomic mass is 19.1. The Balaban J connectivity index is 0.000000606. The summed E-state index contributed by atoms with van der Waals surface area (Å²) in [5.74, 6) is 0.119. The Morgan fingerprint density at radius 3 is 2.50 bits per heavy atom. The van der Waals surface area contributed by atoms with Gasteiger partial charge in [-0.3, -0.25) is 0 Å². The molecule has 86 valence electrons. The summed E-state index contributed by atoms with van der Waals surface area (Å²) in [6.45, 7) is 7.94. The summed E-state index contributed by atoms with van der Waals surface area (Å²) < 4.78 is 13.9. The molecule has 0 bridgehead atoms. The zero-order valence-electron chi connectivity index (χ0n) is 9.80. The van der Waals surface area contributed by atoms with E-state index in [1.165, 1.54) is 0 Å². The highest BCUT2D eigenvalue weighted by Crippen LogP contribution is 2.25. The maximum absolute atomic E-state index is 13.9. The molecule has 2 nitrogen and oxygen atoms in total. The summed E-state index contributed by atoms with van der Waals surface area (Å²) in [6, 6.07) is 5.80. The zero-order valence-corrected chi connectivity index (χ0v) is 9.80. The molecular weight excluding hydrogens is 205 g/mol. The quantitative estimate of drug-likeness (QED) is 0.784. The molecule has 0 saturated heterocycles. The largest absolute Gasteiger partial charge is 0.356 e. The maximum Gasteiger partial charge on any atom is 0.150 e. The fraction of sp³-hybridized carbons (Fsp3) is 0.308. The number of H-pyrrole nitrogens is 1. The van der Waals surface area contributed by atoms with Crippen molar-refractivity contribution in [3.63, 3.8) is 0 Å². The normalized spacial score (nSPS) is 10.3. The zero-order chi connectivity index (χ0) is 12.3. The van der Waals surface area contributed by atoms with Crippen LogP contribution < -0.4 is 0 Å². The molecule has 16 heavy (non-hydrogen) atoms. The van der Waals surface area contributed by atoms with E-state index in [1.54, 1.807) is 0 Å². The molecule has 0 saturated carbocycles. The summed E-state index contributed by atoms with van der Waals surface area (Å²) in [6.07, 6.45) is 0. The molecule has 3 heteroatoms. The van der Waals surface area contributed by atoms with Gasteiger partial charge in [0.15, 0.2) is 5.82 Å². The Morgan fingerprint density at radius 2 is 1.94 bits per heavy atom. The molecule has 2 rings (SSSR count). The number of aromatic amines is 1. The molecule has 0 aliphatic heterocycles. The minimum Gasteiger partial charge on any atom is -0.356 e. The summed E-state index contributed by atoms with van der Waals surface area (Å²) in [4.78, 5) is 11.0. The minimum atomic E-state index is -0.106. The van der Waals surface area contributed by atoms with Gasteiger partial charge < -0.3 is 9.78 Å². The van der Waals surface area contributed by atoms with Crippen molar-refractivity contribution in [2.24, 2.45) is 0 Å². The first-order chi connectivity index (χ1) is 7.59. The van der Waals surface area contributed by atoms with Gasteiger partial charge >= 0.3 is 0 Å². The van der Waals surface area contributed by atoms with E-state index < -0.39 is 0 Å². The number of hydrogen-bond donors (Lipinski definition) is 1. The van der Waals surface area contributed by atoms with E-state index in [0.717, 1.165) is 16.6 Å². The van der Waals surface area contributed by atoms with Gasteiger partial charge in [0.05, 0.1) is 5.52 Å². The summed E-state index contributed by atoms with van der Waals surface area (Å²) in [5.41, 5.74) is 2.41. The Morgan fingerprint density at radius 1 is 1.31 bits per heavy atom. The Bertz CT molecular complexity index is 488. The van der Waals surface area contributed by atoms with Crippen LogP contribution in [-0.4, -0.2) is 11.8 Å². The summed E-state index contributed by atoms with van der Waals surface area (Å²) in [5, 5.41) is 0.949. The third kappa shape index (κ3) is 2.13. The van der Waals surface area contributed by atoms with Crippen LogP contribution in [-0.2, 0) is 4.79 Å². The van der Waals surface area contributed by atoms with E-state index in [9.17, 15) is 4.39 Å². The third-order valence-electron chi connectivity index (χ3n) is 2.52. The van der Waals surface area contributed by atoms with Gasteiger partial charge in [-0.05, 0) is 24.5 Å². The molecule has 0 unspecified atom stereocenters. The number of carbonyl (C=O) groups is 1. The fourth-order valence-electron chi connectivity index (χ4n) is 1.77. The van der Waals surface area contributed by atoms with E-state index in [2.05, 4.69) is 4.98 Å². The first-order valence-corrected chi connectivity index (χ1v) is 5.16. The monoisotopic (exact) mass is 221 g/mol. The topological polar surface area (TPSA) is 32.9 Å². The Labute approximate surface area is 94.5 Å². The fourth-order valence-corrected chi connectivity index (χ4v) is 1.77. The van der Waals surface area contributed by atoms with Gasteiger partial charge in [-0.2, -0.15) is 0 Å². The van der Waals surface area contributed by atoms with Crippen LogP contribution in [0.1, 0.15) is 31.0 Å². The SMILES string of the molecule is C=O.Cc1cc2ccc(C(C)C)c(F)c2[nH]1. The van der Waals surface area contributed by atoms with Crippen molar-refractivity contribution in [1.29, 1.82) is 0 Å². The number of rotatable bonds is 1. The lowest BCUT2D eigenvalue weighted by molar-refractivity contribution is -0.0979. The second-order valence-corrected chi connectivity index (χ2v) is 4.04. The van der Waals surface area contributed by atoms with Gasteiger partial charge in [0, 0.05) is 11.1 Å². The van der Waals surface area contributed by atoms with Crippen LogP contribution in [0, 0.1) is 12.7 Å². The number of nitrogens with one attached hydrogen (secondary N) is 1. The molecule has 1 aromatic carbocycles. The molecule has 0 aliphatic carbocycles. The average molecular weight is 221 g/mol. The molecule has 1 heterocycles. The van der Waals surface area contributed by atoms with Crippen molar-refractivity contribution in [2.45, 2.75) is 26.7 Å². The first-order valence-electron chi connectivity index (χ1n) is 5.16. The minimum absolute atomic E-state index is 0.106. The van der Waals surface area contributed by atoms with Gasteiger partial charge in [-0.15, -0.1) is 0 Å². The predicted molar refractivity (Wildman–Crippen MR) is 64.2 cm³/mol. The van der Waals surface area contributed by atoms with Crippen LogP contribution in [0.2, 0.25) is 0 Å². The number of benzene rings is 1. The lowest BCUT2D eigenvalue weighted by Gasteiger charge is -2.06. The molecular formula is C13H16FNO. The van der Waals surface area contributed by atoms with Crippen molar-refractivity contribution in [3.05, 3.63) is 35.3 Å². The first kappa shape index (κ1) is 12.4. The van der Waals surface area contributed by atoms with Crippen molar-refractivity contribution >= 4 is 17.7 Å². The maximum atomic E-state index is 13.9. The van der Waals surface area contributed by atoms with Gasteiger partial charge in [0.2, 0.25) is 0 Å². The van der Waals surface area contributed by atoms with E-state index in [1.807, 2.05) is 45.8 Å². The lowest BCUT2D eigenvalue weighted by Crippen LogP contribution is -1.93. The number of halogens is 1. The smallest absolute Gasteiger partial charge is 0.150 e. The second kappa shape index (κ2) is 4.92. The number of aromatic nitrogens is 1.